The first-order valence-electron chi connectivity index (χ1n) is 12.1. The van der Waals surface area contributed by atoms with Crippen molar-refractivity contribution < 1.29 is 18.3 Å². The van der Waals surface area contributed by atoms with Crippen molar-refractivity contribution in [2.75, 3.05) is 0 Å². The molecule has 1 nitrogen and oxygen atoms in total. The molecule has 0 aliphatic rings. The smallest absolute Gasteiger partial charge is 0.136 e. The van der Waals surface area contributed by atoms with Crippen molar-refractivity contribution in [2.45, 2.75) is 91.1 Å². The number of aliphatic hydroxyl groups is 1. The highest BCUT2D eigenvalue weighted by Gasteiger charge is 2.42. The van der Waals surface area contributed by atoms with Gasteiger partial charge in [0.1, 0.15) is 17.5 Å². The van der Waals surface area contributed by atoms with Gasteiger partial charge in [0.25, 0.3) is 0 Å². The summed E-state index contributed by atoms with van der Waals surface area (Å²) in [5.41, 5.74) is 0.209. The molecule has 0 saturated heterocycles. The highest BCUT2D eigenvalue weighted by atomic mass is 19.1. The van der Waals surface area contributed by atoms with Gasteiger partial charge in [-0.1, -0.05) is 97.4 Å². The Morgan fingerprint density at radius 1 is 0.781 bits per heavy atom. The Labute approximate surface area is 192 Å². The Kier molecular flexibility index (Phi) is 9.82. The van der Waals surface area contributed by atoms with Gasteiger partial charge in [-0.05, 0) is 29.4 Å². The van der Waals surface area contributed by atoms with Crippen LogP contribution in [0.2, 0.25) is 0 Å². The summed E-state index contributed by atoms with van der Waals surface area (Å²) in [7, 11) is 0. The van der Waals surface area contributed by atoms with Crippen molar-refractivity contribution in [3.05, 3.63) is 59.4 Å². The molecule has 2 aromatic carbocycles. The molecule has 4 heteroatoms. The summed E-state index contributed by atoms with van der Waals surface area (Å²) in [6, 6.07) is 8.45. The zero-order valence-corrected chi connectivity index (χ0v) is 20.2. The van der Waals surface area contributed by atoms with Gasteiger partial charge in [0, 0.05) is 18.1 Å². The summed E-state index contributed by atoms with van der Waals surface area (Å²) in [5, 5.41) is 11.8. The van der Waals surface area contributed by atoms with E-state index in [1.54, 1.807) is 12.1 Å². The normalized spacial score (nSPS) is 13.2. The number of halogens is 3. The first-order chi connectivity index (χ1) is 15.1. The van der Waals surface area contributed by atoms with Gasteiger partial charge in [0.15, 0.2) is 0 Å². The molecular weight excluding hydrogens is 409 g/mol. The van der Waals surface area contributed by atoms with Crippen LogP contribution in [0.15, 0.2) is 36.4 Å². The number of rotatable bonds is 12. The SMILES string of the molecule is CCCCCCCCC(c1ccc(-c2c(F)cc(F)cc2F)cc1)C(O)(C(C)C)C(C)C. The van der Waals surface area contributed by atoms with Crippen LogP contribution in [-0.4, -0.2) is 10.7 Å². The van der Waals surface area contributed by atoms with Crippen molar-refractivity contribution in [3.63, 3.8) is 0 Å². The number of benzene rings is 2. The number of unbranched alkanes of at least 4 members (excludes halogenated alkanes) is 5. The van der Waals surface area contributed by atoms with E-state index in [4.69, 9.17) is 0 Å². The lowest BCUT2D eigenvalue weighted by Crippen LogP contribution is -2.46. The predicted molar refractivity (Wildman–Crippen MR) is 127 cm³/mol. The quantitative estimate of drug-likeness (QED) is 0.322. The Bertz CT molecular complexity index is 811. The first kappa shape index (κ1) is 26.4. The largest absolute Gasteiger partial charge is 0.389 e. The van der Waals surface area contributed by atoms with E-state index in [-0.39, 0.29) is 23.3 Å². The summed E-state index contributed by atoms with van der Waals surface area (Å²) in [6.45, 7) is 10.4. The van der Waals surface area contributed by atoms with E-state index in [9.17, 15) is 18.3 Å². The van der Waals surface area contributed by atoms with E-state index in [0.717, 1.165) is 24.8 Å². The minimum atomic E-state index is -0.932. The van der Waals surface area contributed by atoms with Crippen LogP contribution >= 0.6 is 0 Å². The molecule has 2 aromatic rings. The average Bonchev–Trinajstić information content (AvgIpc) is 2.72. The van der Waals surface area contributed by atoms with Crippen LogP contribution in [0.1, 0.15) is 91.0 Å². The second kappa shape index (κ2) is 11.9. The Balaban J connectivity index is 2.33. The van der Waals surface area contributed by atoms with E-state index < -0.39 is 23.1 Å². The second-order valence-electron chi connectivity index (χ2n) is 9.67. The zero-order chi connectivity index (χ0) is 23.9. The van der Waals surface area contributed by atoms with Gasteiger partial charge >= 0.3 is 0 Å². The molecule has 178 valence electrons. The molecule has 0 spiro atoms. The monoisotopic (exact) mass is 448 g/mol. The third-order valence-electron chi connectivity index (χ3n) is 6.86. The molecule has 0 amide bonds. The maximum Gasteiger partial charge on any atom is 0.136 e. The molecule has 2 rings (SSSR count). The first-order valence-corrected chi connectivity index (χ1v) is 12.1. The van der Waals surface area contributed by atoms with Crippen LogP contribution in [-0.2, 0) is 0 Å². The van der Waals surface area contributed by atoms with Crippen molar-refractivity contribution in [2.24, 2.45) is 11.8 Å². The van der Waals surface area contributed by atoms with Crippen LogP contribution in [0, 0.1) is 29.3 Å². The Hall–Kier alpha value is -1.81. The van der Waals surface area contributed by atoms with Crippen LogP contribution < -0.4 is 0 Å². The molecule has 0 aromatic heterocycles. The van der Waals surface area contributed by atoms with Crippen molar-refractivity contribution in [1.29, 1.82) is 0 Å². The van der Waals surface area contributed by atoms with Crippen LogP contribution in [0.5, 0.6) is 0 Å². The van der Waals surface area contributed by atoms with Gasteiger partial charge in [0.2, 0.25) is 0 Å². The zero-order valence-electron chi connectivity index (χ0n) is 20.2. The minimum Gasteiger partial charge on any atom is -0.389 e. The van der Waals surface area contributed by atoms with Crippen LogP contribution in [0.4, 0.5) is 13.2 Å². The topological polar surface area (TPSA) is 20.2 Å². The third kappa shape index (κ3) is 6.15. The molecule has 1 atom stereocenters. The summed E-state index contributed by atoms with van der Waals surface area (Å²) in [5.74, 6) is -2.73. The minimum absolute atomic E-state index is 0.0549. The number of hydrogen-bond donors (Lipinski definition) is 1. The second-order valence-corrected chi connectivity index (χ2v) is 9.67. The van der Waals surface area contributed by atoms with E-state index >= 15 is 0 Å². The van der Waals surface area contributed by atoms with Crippen LogP contribution in [0.3, 0.4) is 0 Å². The third-order valence-corrected chi connectivity index (χ3v) is 6.86. The summed E-state index contributed by atoms with van der Waals surface area (Å²) < 4.78 is 41.7. The lowest BCUT2D eigenvalue weighted by Gasteiger charge is -2.43. The number of hydrogen-bond acceptors (Lipinski definition) is 1. The lowest BCUT2D eigenvalue weighted by molar-refractivity contribution is -0.0730. The van der Waals surface area contributed by atoms with Crippen molar-refractivity contribution >= 4 is 0 Å². The van der Waals surface area contributed by atoms with E-state index in [0.29, 0.717) is 17.7 Å². The molecule has 0 saturated carbocycles. The maximum absolute atomic E-state index is 14.2. The molecule has 0 aliphatic carbocycles. The van der Waals surface area contributed by atoms with Gasteiger partial charge in [-0.3, -0.25) is 0 Å². The molecule has 0 radical (unpaired) electrons. The Morgan fingerprint density at radius 2 is 1.28 bits per heavy atom. The molecule has 0 aliphatic heterocycles. The fourth-order valence-electron chi connectivity index (χ4n) is 4.97. The fraction of sp³-hybridized carbons (Fsp3) is 0.571. The molecule has 0 bridgehead atoms. The Morgan fingerprint density at radius 3 is 1.78 bits per heavy atom. The molecule has 1 unspecified atom stereocenters. The highest BCUT2D eigenvalue weighted by Crippen LogP contribution is 2.43. The standard InChI is InChI=1S/C28H39F3O/c1-6-7-8-9-10-11-12-24(28(32,19(2)3)20(4)5)21-13-15-22(16-14-21)27-25(30)17-23(29)18-26(27)31/h13-20,24,32H,6-12H2,1-5H3. The highest BCUT2D eigenvalue weighted by molar-refractivity contribution is 5.65. The summed E-state index contributed by atoms with van der Waals surface area (Å²) >= 11 is 0. The molecular formula is C28H39F3O. The van der Waals surface area contributed by atoms with Gasteiger partial charge in [0.05, 0.1) is 11.2 Å². The summed E-state index contributed by atoms with van der Waals surface area (Å²) in [4.78, 5) is 0. The van der Waals surface area contributed by atoms with Crippen molar-refractivity contribution in [1.82, 2.24) is 0 Å². The lowest BCUT2D eigenvalue weighted by atomic mass is 9.67. The molecule has 1 N–H and O–H groups in total. The molecule has 0 fully saturated rings. The van der Waals surface area contributed by atoms with Gasteiger partial charge < -0.3 is 5.11 Å². The van der Waals surface area contributed by atoms with Gasteiger partial charge in [-0.15, -0.1) is 0 Å². The van der Waals surface area contributed by atoms with Gasteiger partial charge in [-0.2, -0.15) is 0 Å². The van der Waals surface area contributed by atoms with E-state index in [1.807, 2.05) is 39.8 Å². The molecule has 32 heavy (non-hydrogen) atoms. The molecule has 0 heterocycles. The predicted octanol–water partition coefficient (Wildman–Crippen LogP) is 8.65. The van der Waals surface area contributed by atoms with E-state index in [1.165, 1.54) is 25.7 Å². The average molecular weight is 449 g/mol. The van der Waals surface area contributed by atoms with Crippen LogP contribution in [0.25, 0.3) is 11.1 Å². The van der Waals surface area contributed by atoms with Crippen molar-refractivity contribution in [3.8, 4) is 11.1 Å². The van der Waals surface area contributed by atoms with Gasteiger partial charge in [-0.25, -0.2) is 13.2 Å². The summed E-state index contributed by atoms with van der Waals surface area (Å²) in [6.07, 6.45) is 7.92. The van der Waals surface area contributed by atoms with E-state index in [2.05, 4.69) is 6.92 Å². The fourth-order valence-corrected chi connectivity index (χ4v) is 4.97. The maximum atomic E-state index is 14.2.